The first-order chi connectivity index (χ1) is 12.8. The Morgan fingerprint density at radius 2 is 1.96 bits per heavy atom. The summed E-state index contributed by atoms with van der Waals surface area (Å²) in [6.07, 6.45) is 5.27. The summed E-state index contributed by atoms with van der Waals surface area (Å²) in [7, 11) is 0. The largest absolute Gasteiger partial charge is 0.490 e. The summed E-state index contributed by atoms with van der Waals surface area (Å²) in [5, 5.41) is 8.84. The molecule has 6 nitrogen and oxygen atoms in total. The van der Waals surface area contributed by atoms with Gasteiger partial charge in [-0.05, 0) is 67.7 Å². The van der Waals surface area contributed by atoms with E-state index in [0.717, 1.165) is 48.1 Å². The number of carbonyl (C=O) groups is 2. The van der Waals surface area contributed by atoms with Crippen LogP contribution in [0.4, 0.5) is 5.69 Å². The second-order valence-corrected chi connectivity index (χ2v) is 8.13. The first-order valence-electron chi connectivity index (χ1n) is 9.93. The van der Waals surface area contributed by atoms with Crippen LogP contribution < -0.4 is 15.4 Å². The van der Waals surface area contributed by atoms with Crippen LogP contribution in [0.25, 0.3) is 0 Å². The number of ether oxygens (including phenoxy) is 1. The summed E-state index contributed by atoms with van der Waals surface area (Å²) >= 11 is 0. The van der Waals surface area contributed by atoms with E-state index in [1.807, 2.05) is 18.2 Å². The maximum Gasteiger partial charge on any atom is 0.305 e. The predicted molar refractivity (Wildman–Crippen MR) is 104 cm³/mol. The van der Waals surface area contributed by atoms with Crippen molar-refractivity contribution < 1.29 is 19.4 Å². The zero-order chi connectivity index (χ0) is 19.6. The molecule has 1 aliphatic carbocycles. The molecule has 2 aliphatic rings. The molecule has 1 saturated carbocycles. The fraction of sp³-hybridized carbons (Fsp3) is 0.619. The number of carboxylic acids is 1. The molecule has 3 rings (SSSR count). The first-order valence-corrected chi connectivity index (χ1v) is 9.93. The van der Waals surface area contributed by atoms with Gasteiger partial charge in [0.05, 0.1) is 18.6 Å². The molecular weight excluding hydrogens is 344 g/mol. The molecule has 1 aliphatic heterocycles. The zero-order valence-corrected chi connectivity index (χ0v) is 16.2. The predicted octanol–water partition coefficient (Wildman–Crippen LogP) is 2.97. The van der Waals surface area contributed by atoms with E-state index in [1.165, 1.54) is 12.8 Å². The average molecular weight is 374 g/mol. The zero-order valence-electron chi connectivity index (χ0n) is 16.2. The van der Waals surface area contributed by atoms with E-state index in [1.54, 1.807) is 4.90 Å². The standard InChI is InChI=1S/C21H30N2O4/c1-13(2)14-3-5-16(6-4-14)27-17-7-8-19-15(11-17)9-10-23(19)21(26)18(22)12-20(24)25/h7-8,11,13-14,16,18H,3-6,9-10,12,22H2,1-2H3,(H,24,25)/t14-,16-,18?. The third-order valence-corrected chi connectivity index (χ3v) is 5.89. The Bertz CT molecular complexity index is 695. The van der Waals surface area contributed by atoms with Crippen LogP contribution in [-0.2, 0) is 16.0 Å². The lowest BCUT2D eigenvalue weighted by Gasteiger charge is -2.31. The molecule has 148 valence electrons. The summed E-state index contributed by atoms with van der Waals surface area (Å²) in [6, 6.07) is 4.80. The number of nitrogens with zero attached hydrogens (tertiary/aromatic N) is 1. The van der Waals surface area contributed by atoms with Gasteiger partial charge >= 0.3 is 5.97 Å². The van der Waals surface area contributed by atoms with Gasteiger partial charge in [-0.1, -0.05) is 13.8 Å². The Balaban J connectivity index is 1.61. The second-order valence-electron chi connectivity index (χ2n) is 8.13. The number of rotatable bonds is 6. The van der Waals surface area contributed by atoms with Crippen LogP contribution in [0.2, 0.25) is 0 Å². The van der Waals surface area contributed by atoms with Crippen LogP contribution in [0.1, 0.15) is 51.5 Å². The van der Waals surface area contributed by atoms with E-state index in [0.29, 0.717) is 6.54 Å². The number of benzene rings is 1. The number of hydrogen-bond acceptors (Lipinski definition) is 4. The molecular formula is C21H30N2O4. The second kappa shape index (κ2) is 8.30. The molecule has 1 atom stereocenters. The van der Waals surface area contributed by atoms with E-state index < -0.39 is 12.0 Å². The maximum absolute atomic E-state index is 12.4. The summed E-state index contributed by atoms with van der Waals surface area (Å²) in [5.74, 6) is 0.996. The van der Waals surface area contributed by atoms with Gasteiger partial charge in [0.15, 0.2) is 0 Å². The quantitative estimate of drug-likeness (QED) is 0.798. The lowest BCUT2D eigenvalue weighted by Crippen LogP contribution is -2.44. The fourth-order valence-electron chi connectivity index (χ4n) is 4.22. The average Bonchev–Trinajstić information content (AvgIpc) is 3.04. The molecule has 1 amide bonds. The minimum atomic E-state index is -1.06. The van der Waals surface area contributed by atoms with Gasteiger partial charge in [0.1, 0.15) is 5.75 Å². The molecule has 0 spiro atoms. The number of nitrogens with two attached hydrogens (primary N) is 1. The number of carboxylic acid groups (broad SMARTS) is 1. The van der Waals surface area contributed by atoms with Gasteiger partial charge in [-0.15, -0.1) is 0 Å². The molecule has 3 N–H and O–H groups in total. The van der Waals surface area contributed by atoms with Crippen molar-refractivity contribution in [1.82, 2.24) is 0 Å². The van der Waals surface area contributed by atoms with E-state index in [4.69, 9.17) is 15.6 Å². The van der Waals surface area contributed by atoms with E-state index in [9.17, 15) is 9.59 Å². The highest BCUT2D eigenvalue weighted by molar-refractivity contribution is 6.00. The highest BCUT2D eigenvalue weighted by atomic mass is 16.5. The molecule has 6 heteroatoms. The van der Waals surface area contributed by atoms with Crippen LogP contribution in [0.15, 0.2) is 18.2 Å². The molecule has 0 radical (unpaired) electrons. The maximum atomic E-state index is 12.4. The molecule has 1 unspecified atom stereocenters. The van der Waals surface area contributed by atoms with Gasteiger partial charge in [-0.2, -0.15) is 0 Å². The topological polar surface area (TPSA) is 92.9 Å². The van der Waals surface area contributed by atoms with Crippen molar-refractivity contribution in [2.75, 3.05) is 11.4 Å². The molecule has 1 aromatic rings. The van der Waals surface area contributed by atoms with Gasteiger partial charge < -0.3 is 20.5 Å². The third-order valence-electron chi connectivity index (χ3n) is 5.89. The van der Waals surface area contributed by atoms with Crippen LogP contribution in [0.5, 0.6) is 5.75 Å². The van der Waals surface area contributed by atoms with Crippen molar-refractivity contribution in [3.8, 4) is 5.75 Å². The third kappa shape index (κ3) is 4.61. The lowest BCUT2D eigenvalue weighted by atomic mass is 9.80. The number of amides is 1. The molecule has 0 saturated heterocycles. The Morgan fingerprint density at radius 1 is 1.26 bits per heavy atom. The normalized spacial score (nSPS) is 23.2. The molecule has 27 heavy (non-hydrogen) atoms. The lowest BCUT2D eigenvalue weighted by molar-refractivity contribution is -0.139. The smallest absolute Gasteiger partial charge is 0.305 e. The molecule has 0 bridgehead atoms. The Kier molecular flexibility index (Phi) is 6.05. The number of fused-ring (bicyclic) bond motifs is 1. The number of hydrogen-bond donors (Lipinski definition) is 2. The summed E-state index contributed by atoms with van der Waals surface area (Å²) < 4.78 is 6.20. The Morgan fingerprint density at radius 3 is 2.59 bits per heavy atom. The minimum Gasteiger partial charge on any atom is -0.490 e. The SMILES string of the molecule is CC(C)[C@H]1CC[C@H](Oc2ccc3c(c2)CCN3C(=O)C(N)CC(=O)O)CC1. The van der Waals surface area contributed by atoms with Gasteiger partial charge in [-0.3, -0.25) is 9.59 Å². The van der Waals surface area contributed by atoms with E-state index in [2.05, 4.69) is 13.8 Å². The summed E-state index contributed by atoms with van der Waals surface area (Å²) in [6.45, 7) is 5.12. The Labute approximate surface area is 160 Å². The monoisotopic (exact) mass is 374 g/mol. The summed E-state index contributed by atoms with van der Waals surface area (Å²) in [4.78, 5) is 24.8. The van der Waals surface area contributed by atoms with Gasteiger partial charge in [0, 0.05) is 12.2 Å². The van der Waals surface area contributed by atoms with Crippen LogP contribution in [0.3, 0.4) is 0 Å². The first kappa shape index (κ1) is 19.7. The molecule has 1 aromatic carbocycles. The van der Waals surface area contributed by atoms with E-state index >= 15 is 0 Å². The van der Waals surface area contributed by atoms with Crippen LogP contribution >= 0.6 is 0 Å². The highest BCUT2D eigenvalue weighted by Gasteiger charge is 2.30. The van der Waals surface area contributed by atoms with Gasteiger partial charge in [0.2, 0.25) is 5.91 Å². The van der Waals surface area contributed by atoms with Crippen molar-refractivity contribution in [3.05, 3.63) is 23.8 Å². The number of carbonyl (C=O) groups excluding carboxylic acids is 1. The van der Waals surface area contributed by atoms with Gasteiger partial charge in [-0.25, -0.2) is 0 Å². The summed E-state index contributed by atoms with van der Waals surface area (Å²) in [5.41, 5.74) is 7.62. The fourth-order valence-corrected chi connectivity index (χ4v) is 4.22. The van der Waals surface area contributed by atoms with Crippen molar-refractivity contribution in [2.24, 2.45) is 17.6 Å². The van der Waals surface area contributed by atoms with Crippen LogP contribution in [0, 0.1) is 11.8 Å². The minimum absolute atomic E-state index is 0.265. The molecule has 1 heterocycles. The molecule has 1 fully saturated rings. The van der Waals surface area contributed by atoms with Crippen molar-refractivity contribution in [3.63, 3.8) is 0 Å². The number of aliphatic carboxylic acids is 1. The van der Waals surface area contributed by atoms with Gasteiger partial charge in [0.25, 0.3) is 0 Å². The van der Waals surface area contributed by atoms with Crippen molar-refractivity contribution in [2.45, 2.75) is 64.5 Å². The van der Waals surface area contributed by atoms with Crippen molar-refractivity contribution >= 4 is 17.6 Å². The molecule has 0 aromatic heterocycles. The van der Waals surface area contributed by atoms with Crippen LogP contribution in [-0.4, -0.2) is 35.7 Å². The van der Waals surface area contributed by atoms with E-state index in [-0.39, 0.29) is 18.4 Å². The van der Waals surface area contributed by atoms with Crippen molar-refractivity contribution in [1.29, 1.82) is 0 Å². The Hall–Kier alpha value is -2.08. The highest BCUT2D eigenvalue weighted by Crippen LogP contribution is 2.35. The number of anilines is 1.